The third-order valence-corrected chi connectivity index (χ3v) is 4.52. The molecular weight excluding hydrogens is 442 g/mol. The number of hydrogen-bond acceptors (Lipinski definition) is 6. The maximum absolute atomic E-state index is 11.9. The minimum absolute atomic E-state index is 0.213. The predicted molar refractivity (Wildman–Crippen MR) is 114 cm³/mol. The molecule has 0 radical (unpaired) electrons. The van der Waals surface area contributed by atoms with Crippen LogP contribution < -0.4 is 20.2 Å². The summed E-state index contributed by atoms with van der Waals surface area (Å²) >= 11 is 3.41. The molecule has 2 aromatic carbocycles. The molecule has 29 heavy (non-hydrogen) atoms. The second kappa shape index (κ2) is 11.1. The van der Waals surface area contributed by atoms with Crippen LogP contribution in [0.3, 0.4) is 0 Å². The van der Waals surface area contributed by atoms with Crippen molar-refractivity contribution < 1.29 is 23.8 Å². The molecular formula is C20H22BrN3O5. The van der Waals surface area contributed by atoms with E-state index in [1.807, 2.05) is 19.1 Å². The van der Waals surface area contributed by atoms with Gasteiger partial charge in [0, 0.05) is 10.2 Å². The zero-order valence-electron chi connectivity index (χ0n) is 16.3. The number of rotatable bonds is 8. The number of anilines is 1. The standard InChI is InChI=1S/C20H22BrN3O5/c1-4-28-19(25)12-29-17-8-5-14(10-18(17)27-3)11-22-24-20(26)23-15-6-7-16(21)13(2)9-15/h5-11H,4,12H2,1-3H3,(H2,23,24,26)/b22-11+. The lowest BCUT2D eigenvalue weighted by atomic mass is 10.2. The zero-order valence-corrected chi connectivity index (χ0v) is 17.9. The van der Waals surface area contributed by atoms with Crippen LogP contribution in [0.2, 0.25) is 0 Å². The van der Waals surface area contributed by atoms with Crippen LogP contribution in [-0.2, 0) is 9.53 Å². The van der Waals surface area contributed by atoms with Gasteiger partial charge in [0.15, 0.2) is 18.1 Å². The summed E-state index contributed by atoms with van der Waals surface area (Å²) in [6, 6.07) is 10.0. The third-order valence-electron chi connectivity index (χ3n) is 3.63. The van der Waals surface area contributed by atoms with Crippen molar-refractivity contribution in [2.45, 2.75) is 13.8 Å². The number of carbonyl (C=O) groups excluding carboxylic acids is 2. The molecule has 2 amide bonds. The smallest absolute Gasteiger partial charge is 0.344 e. The summed E-state index contributed by atoms with van der Waals surface area (Å²) in [5.41, 5.74) is 4.72. The summed E-state index contributed by atoms with van der Waals surface area (Å²) in [7, 11) is 1.49. The van der Waals surface area contributed by atoms with Crippen molar-refractivity contribution >= 4 is 39.8 Å². The maximum atomic E-state index is 11.9. The topological polar surface area (TPSA) is 98.3 Å². The number of methoxy groups -OCH3 is 1. The van der Waals surface area contributed by atoms with E-state index >= 15 is 0 Å². The van der Waals surface area contributed by atoms with Gasteiger partial charge >= 0.3 is 12.0 Å². The molecule has 2 aromatic rings. The molecule has 0 saturated carbocycles. The van der Waals surface area contributed by atoms with Crippen LogP contribution in [0.4, 0.5) is 10.5 Å². The van der Waals surface area contributed by atoms with E-state index < -0.39 is 12.0 Å². The van der Waals surface area contributed by atoms with Crippen molar-refractivity contribution in [3.63, 3.8) is 0 Å². The van der Waals surface area contributed by atoms with Crippen molar-refractivity contribution in [1.82, 2.24) is 5.43 Å². The quantitative estimate of drug-likeness (QED) is 0.351. The molecule has 0 unspecified atom stereocenters. The highest BCUT2D eigenvalue weighted by Gasteiger charge is 2.09. The predicted octanol–water partition coefficient (Wildman–Crippen LogP) is 3.86. The van der Waals surface area contributed by atoms with E-state index in [0.717, 1.165) is 10.0 Å². The van der Waals surface area contributed by atoms with Crippen LogP contribution in [0.5, 0.6) is 11.5 Å². The Morgan fingerprint density at radius 3 is 2.66 bits per heavy atom. The van der Waals surface area contributed by atoms with Crippen molar-refractivity contribution in [1.29, 1.82) is 0 Å². The molecule has 0 fully saturated rings. The lowest BCUT2D eigenvalue weighted by molar-refractivity contribution is -0.145. The van der Waals surface area contributed by atoms with Gasteiger partial charge < -0.3 is 19.5 Å². The first-order valence-electron chi connectivity index (χ1n) is 8.75. The normalized spacial score (nSPS) is 10.5. The minimum atomic E-state index is -0.468. The SMILES string of the molecule is CCOC(=O)COc1ccc(/C=N/NC(=O)Nc2ccc(Br)c(C)c2)cc1OC. The number of benzene rings is 2. The first-order chi connectivity index (χ1) is 13.9. The highest BCUT2D eigenvalue weighted by Crippen LogP contribution is 2.27. The number of amides is 2. The summed E-state index contributed by atoms with van der Waals surface area (Å²) in [4.78, 5) is 23.3. The molecule has 0 bridgehead atoms. The Bertz CT molecular complexity index is 902. The Morgan fingerprint density at radius 1 is 1.17 bits per heavy atom. The number of halogens is 1. The van der Waals surface area contributed by atoms with E-state index in [0.29, 0.717) is 22.7 Å². The number of nitrogens with one attached hydrogen (secondary N) is 2. The molecule has 2 rings (SSSR count). The lowest BCUT2D eigenvalue weighted by Gasteiger charge is -2.10. The Balaban J connectivity index is 1.93. The Morgan fingerprint density at radius 2 is 1.97 bits per heavy atom. The second-order valence-corrected chi connectivity index (χ2v) is 6.65. The van der Waals surface area contributed by atoms with Crippen molar-refractivity contribution in [3.8, 4) is 11.5 Å². The summed E-state index contributed by atoms with van der Waals surface area (Å²) in [5.74, 6) is 0.360. The highest BCUT2D eigenvalue weighted by molar-refractivity contribution is 9.10. The molecule has 8 nitrogen and oxygen atoms in total. The molecule has 0 spiro atoms. The Labute approximate surface area is 177 Å². The van der Waals surface area contributed by atoms with Crippen molar-refractivity contribution in [2.24, 2.45) is 5.10 Å². The molecule has 0 aromatic heterocycles. The first kappa shape index (κ1) is 22.2. The van der Waals surface area contributed by atoms with Crippen LogP contribution in [-0.4, -0.2) is 38.5 Å². The highest BCUT2D eigenvalue weighted by atomic mass is 79.9. The van der Waals surface area contributed by atoms with E-state index in [4.69, 9.17) is 14.2 Å². The zero-order chi connectivity index (χ0) is 21.2. The molecule has 2 N–H and O–H groups in total. The second-order valence-electron chi connectivity index (χ2n) is 5.79. The van der Waals surface area contributed by atoms with E-state index in [-0.39, 0.29) is 13.2 Å². The molecule has 0 aliphatic heterocycles. The Kier molecular flexibility index (Phi) is 8.47. The summed E-state index contributed by atoms with van der Waals surface area (Å²) in [6.07, 6.45) is 1.46. The average molecular weight is 464 g/mol. The van der Waals surface area contributed by atoms with Crippen LogP contribution in [0, 0.1) is 6.92 Å². The summed E-state index contributed by atoms with van der Waals surface area (Å²) < 4.78 is 16.4. The van der Waals surface area contributed by atoms with Gasteiger partial charge in [0.1, 0.15) is 0 Å². The minimum Gasteiger partial charge on any atom is -0.493 e. The first-order valence-corrected chi connectivity index (χ1v) is 9.55. The number of urea groups is 1. The average Bonchev–Trinajstić information content (AvgIpc) is 2.69. The molecule has 0 aliphatic rings. The van der Waals surface area contributed by atoms with Crippen LogP contribution in [0.25, 0.3) is 0 Å². The van der Waals surface area contributed by atoms with Gasteiger partial charge in [0.2, 0.25) is 0 Å². The van der Waals surface area contributed by atoms with E-state index in [2.05, 4.69) is 31.8 Å². The van der Waals surface area contributed by atoms with Crippen molar-refractivity contribution in [2.75, 3.05) is 25.6 Å². The number of ether oxygens (including phenoxy) is 3. The maximum Gasteiger partial charge on any atom is 0.344 e. The number of hydrogen-bond donors (Lipinski definition) is 2. The van der Waals surface area contributed by atoms with Gasteiger partial charge in [0.25, 0.3) is 0 Å². The summed E-state index contributed by atoms with van der Waals surface area (Å²) in [6.45, 7) is 3.73. The number of hydrazone groups is 1. The van der Waals surface area contributed by atoms with Crippen molar-refractivity contribution in [3.05, 3.63) is 52.0 Å². The molecule has 0 aliphatic carbocycles. The van der Waals surface area contributed by atoms with Gasteiger partial charge in [-0.1, -0.05) is 15.9 Å². The van der Waals surface area contributed by atoms with E-state index in [9.17, 15) is 9.59 Å². The fourth-order valence-electron chi connectivity index (χ4n) is 2.27. The van der Waals surface area contributed by atoms with Gasteiger partial charge in [-0.2, -0.15) is 5.10 Å². The van der Waals surface area contributed by atoms with Gasteiger partial charge in [-0.25, -0.2) is 15.0 Å². The third kappa shape index (κ3) is 7.11. The number of nitrogens with zero attached hydrogens (tertiary/aromatic N) is 1. The summed E-state index contributed by atoms with van der Waals surface area (Å²) in [5, 5.41) is 6.61. The molecule has 9 heteroatoms. The van der Waals surface area contributed by atoms with Crippen LogP contribution in [0.15, 0.2) is 46.0 Å². The van der Waals surface area contributed by atoms with Gasteiger partial charge in [-0.15, -0.1) is 0 Å². The lowest BCUT2D eigenvalue weighted by Crippen LogP contribution is -2.24. The van der Waals surface area contributed by atoms with Gasteiger partial charge in [-0.3, -0.25) is 0 Å². The molecule has 0 heterocycles. The van der Waals surface area contributed by atoms with Gasteiger partial charge in [-0.05, 0) is 61.4 Å². The number of carbonyl (C=O) groups is 2. The number of aryl methyl sites for hydroxylation is 1. The number of esters is 1. The van der Waals surface area contributed by atoms with E-state index in [1.54, 1.807) is 31.2 Å². The molecule has 0 saturated heterocycles. The fourth-order valence-corrected chi connectivity index (χ4v) is 2.52. The van der Waals surface area contributed by atoms with Gasteiger partial charge in [0.05, 0.1) is 19.9 Å². The monoisotopic (exact) mass is 463 g/mol. The van der Waals surface area contributed by atoms with Crippen LogP contribution in [0.1, 0.15) is 18.1 Å². The van der Waals surface area contributed by atoms with Crippen LogP contribution >= 0.6 is 15.9 Å². The molecule has 0 atom stereocenters. The largest absolute Gasteiger partial charge is 0.493 e. The van der Waals surface area contributed by atoms with E-state index in [1.165, 1.54) is 13.3 Å². The molecule has 154 valence electrons. The fraction of sp³-hybridized carbons (Fsp3) is 0.250. The Hall–Kier alpha value is -3.07.